The molecule has 0 spiro atoms. The molecule has 0 saturated heterocycles. The van der Waals surface area contributed by atoms with Crippen molar-refractivity contribution in [2.45, 2.75) is 26.4 Å². The Bertz CT molecular complexity index is 580. The van der Waals surface area contributed by atoms with Crippen molar-refractivity contribution in [3.8, 4) is 0 Å². The normalized spacial score (nSPS) is 12.7. The van der Waals surface area contributed by atoms with E-state index in [1.807, 2.05) is 26.0 Å². The summed E-state index contributed by atoms with van der Waals surface area (Å²) in [6.07, 6.45) is 0. The van der Waals surface area contributed by atoms with E-state index in [0.717, 1.165) is 17.1 Å². The van der Waals surface area contributed by atoms with E-state index in [0.29, 0.717) is 21.6 Å². The van der Waals surface area contributed by atoms with E-state index >= 15 is 0 Å². The molecule has 2 aromatic rings. The van der Waals surface area contributed by atoms with E-state index in [9.17, 15) is 0 Å². The van der Waals surface area contributed by atoms with Crippen LogP contribution in [0.4, 0.5) is 0 Å². The number of halogens is 3. The van der Waals surface area contributed by atoms with Gasteiger partial charge in [0.05, 0.1) is 16.1 Å². The minimum absolute atomic E-state index is 0.0693. The van der Waals surface area contributed by atoms with Crippen LogP contribution in [-0.4, -0.2) is 0 Å². The Morgan fingerprint density at radius 2 is 1.79 bits per heavy atom. The third kappa shape index (κ3) is 3.46. The standard InChI is InChI=1S/C14H14Cl3NO/c1-8-3-6-13(19-8)9(2)18-7-10-11(15)4-5-12(16)14(10)17/h3-6,9,18H,7H2,1-2H3. The summed E-state index contributed by atoms with van der Waals surface area (Å²) in [6, 6.07) is 7.39. The smallest absolute Gasteiger partial charge is 0.120 e. The summed E-state index contributed by atoms with van der Waals surface area (Å²) in [6.45, 7) is 4.46. The van der Waals surface area contributed by atoms with E-state index in [1.54, 1.807) is 12.1 Å². The molecule has 0 radical (unpaired) electrons. The Balaban J connectivity index is 2.09. The summed E-state index contributed by atoms with van der Waals surface area (Å²) < 4.78 is 5.56. The molecule has 102 valence electrons. The Morgan fingerprint density at radius 3 is 2.42 bits per heavy atom. The molecule has 0 bridgehead atoms. The van der Waals surface area contributed by atoms with Gasteiger partial charge in [-0.1, -0.05) is 34.8 Å². The summed E-state index contributed by atoms with van der Waals surface area (Å²) >= 11 is 18.3. The van der Waals surface area contributed by atoms with E-state index in [2.05, 4.69) is 5.32 Å². The lowest BCUT2D eigenvalue weighted by molar-refractivity contribution is 0.416. The molecule has 0 fully saturated rings. The van der Waals surface area contributed by atoms with Gasteiger partial charge in [-0.3, -0.25) is 0 Å². The Kier molecular flexibility index (Phi) is 4.80. The van der Waals surface area contributed by atoms with Gasteiger partial charge >= 0.3 is 0 Å². The van der Waals surface area contributed by atoms with Gasteiger partial charge < -0.3 is 9.73 Å². The lowest BCUT2D eigenvalue weighted by Gasteiger charge is -2.14. The van der Waals surface area contributed by atoms with E-state index in [-0.39, 0.29) is 6.04 Å². The quantitative estimate of drug-likeness (QED) is 0.764. The van der Waals surface area contributed by atoms with Crippen LogP contribution in [0.2, 0.25) is 15.1 Å². The first kappa shape index (κ1) is 14.7. The van der Waals surface area contributed by atoms with Crippen molar-refractivity contribution in [2.24, 2.45) is 0 Å². The molecule has 1 aromatic carbocycles. The van der Waals surface area contributed by atoms with Crippen LogP contribution in [0.3, 0.4) is 0 Å². The number of aryl methyl sites for hydroxylation is 1. The average molecular weight is 319 g/mol. The zero-order valence-corrected chi connectivity index (χ0v) is 12.9. The predicted octanol–water partition coefficient (Wildman–Crippen LogP) is 5.40. The molecule has 0 saturated carbocycles. The lowest BCUT2D eigenvalue weighted by Crippen LogP contribution is -2.18. The van der Waals surface area contributed by atoms with Crippen LogP contribution < -0.4 is 5.32 Å². The second-order valence-electron chi connectivity index (χ2n) is 4.37. The van der Waals surface area contributed by atoms with Gasteiger partial charge in [0.2, 0.25) is 0 Å². The first-order valence-corrected chi connectivity index (χ1v) is 7.04. The van der Waals surface area contributed by atoms with Gasteiger partial charge in [0.25, 0.3) is 0 Å². The number of hydrogen-bond acceptors (Lipinski definition) is 2. The van der Waals surface area contributed by atoms with Gasteiger partial charge in [-0.05, 0) is 38.1 Å². The first-order valence-electron chi connectivity index (χ1n) is 5.91. The first-order chi connectivity index (χ1) is 8.99. The zero-order valence-electron chi connectivity index (χ0n) is 10.6. The highest BCUT2D eigenvalue weighted by Crippen LogP contribution is 2.31. The zero-order chi connectivity index (χ0) is 14.0. The number of furan rings is 1. The molecule has 0 aliphatic rings. The molecule has 2 rings (SSSR count). The molecule has 1 N–H and O–H groups in total. The van der Waals surface area contributed by atoms with Crippen LogP contribution in [0.5, 0.6) is 0 Å². The lowest BCUT2D eigenvalue weighted by atomic mass is 10.2. The van der Waals surface area contributed by atoms with Crippen LogP contribution in [0.1, 0.15) is 30.0 Å². The van der Waals surface area contributed by atoms with Crippen molar-refractivity contribution < 1.29 is 4.42 Å². The summed E-state index contributed by atoms with van der Waals surface area (Å²) in [5, 5.41) is 4.91. The van der Waals surface area contributed by atoms with Gasteiger partial charge in [-0.15, -0.1) is 0 Å². The topological polar surface area (TPSA) is 25.2 Å². The maximum absolute atomic E-state index is 6.15. The highest BCUT2D eigenvalue weighted by molar-refractivity contribution is 6.44. The Labute approximate surface area is 127 Å². The number of rotatable bonds is 4. The SMILES string of the molecule is Cc1ccc(C(C)NCc2c(Cl)ccc(Cl)c2Cl)o1. The summed E-state index contributed by atoms with van der Waals surface area (Å²) in [7, 11) is 0. The molecule has 5 heteroatoms. The maximum Gasteiger partial charge on any atom is 0.120 e. The molecule has 19 heavy (non-hydrogen) atoms. The Hall–Kier alpha value is -0.670. The fourth-order valence-corrected chi connectivity index (χ4v) is 2.45. The minimum atomic E-state index is 0.0693. The summed E-state index contributed by atoms with van der Waals surface area (Å²) in [4.78, 5) is 0. The van der Waals surface area contributed by atoms with Crippen molar-refractivity contribution in [3.05, 3.63) is 56.4 Å². The van der Waals surface area contributed by atoms with E-state index in [1.165, 1.54) is 0 Å². The highest BCUT2D eigenvalue weighted by Gasteiger charge is 2.13. The van der Waals surface area contributed by atoms with Gasteiger partial charge in [-0.2, -0.15) is 0 Å². The third-order valence-electron chi connectivity index (χ3n) is 2.91. The van der Waals surface area contributed by atoms with Crippen molar-refractivity contribution >= 4 is 34.8 Å². The van der Waals surface area contributed by atoms with Gasteiger partial charge in [-0.25, -0.2) is 0 Å². The third-order valence-corrected chi connectivity index (χ3v) is 4.11. The molecule has 0 aliphatic heterocycles. The molecule has 1 atom stereocenters. The monoisotopic (exact) mass is 317 g/mol. The highest BCUT2D eigenvalue weighted by atomic mass is 35.5. The largest absolute Gasteiger partial charge is 0.465 e. The van der Waals surface area contributed by atoms with Gasteiger partial charge in [0.15, 0.2) is 0 Å². The molecular formula is C14H14Cl3NO. The maximum atomic E-state index is 6.15. The fourth-order valence-electron chi connectivity index (χ4n) is 1.77. The van der Waals surface area contributed by atoms with Crippen LogP contribution in [0.15, 0.2) is 28.7 Å². The van der Waals surface area contributed by atoms with E-state index in [4.69, 9.17) is 39.2 Å². The van der Waals surface area contributed by atoms with Crippen molar-refractivity contribution in [1.29, 1.82) is 0 Å². The molecular weight excluding hydrogens is 305 g/mol. The second-order valence-corrected chi connectivity index (χ2v) is 5.57. The summed E-state index contributed by atoms with van der Waals surface area (Å²) in [5.74, 6) is 1.77. The number of benzene rings is 1. The van der Waals surface area contributed by atoms with Crippen LogP contribution >= 0.6 is 34.8 Å². The molecule has 1 aromatic heterocycles. The average Bonchev–Trinajstić information content (AvgIpc) is 2.80. The van der Waals surface area contributed by atoms with Crippen LogP contribution in [0, 0.1) is 6.92 Å². The Morgan fingerprint density at radius 1 is 1.11 bits per heavy atom. The molecule has 0 amide bonds. The van der Waals surface area contributed by atoms with E-state index < -0.39 is 0 Å². The minimum Gasteiger partial charge on any atom is -0.465 e. The van der Waals surface area contributed by atoms with Crippen LogP contribution in [0.25, 0.3) is 0 Å². The van der Waals surface area contributed by atoms with Crippen LogP contribution in [-0.2, 0) is 6.54 Å². The predicted molar refractivity (Wildman–Crippen MR) is 80.2 cm³/mol. The number of hydrogen-bond donors (Lipinski definition) is 1. The fraction of sp³-hybridized carbons (Fsp3) is 0.286. The second kappa shape index (κ2) is 6.19. The van der Waals surface area contributed by atoms with Crippen molar-refractivity contribution in [3.63, 3.8) is 0 Å². The van der Waals surface area contributed by atoms with Gasteiger partial charge in [0, 0.05) is 17.1 Å². The van der Waals surface area contributed by atoms with Crippen molar-refractivity contribution in [1.82, 2.24) is 5.32 Å². The number of nitrogens with one attached hydrogen (secondary N) is 1. The summed E-state index contributed by atoms with van der Waals surface area (Å²) in [5.41, 5.74) is 0.797. The molecule has 2 nitrogen and oxygen atoms in total. The molecule has 1 unspecified atom stereocenters. The molecule has 1 heterocycles. The molecule has 0 aliphatic carbocycles. The van der Waals surface area contributed by atoms with Gasteiger partial charge in [0.1, 0.15) is 11.5 Å². The van der Waals surface area contributed by atoms with Crippen molar-refractivity contribution in [2.75, 3.05) is 0 Å².